The van der Waals surface area contributed by atoms with E-state index in [4.69, 9.17) is 18.7 Å². The van der Waals surface area contributed by atoms with Gasteiger partial charge in [0.15, 0.2) is 5.75 Å². The third-order valence-corrected chi connectivity index (χ3v) is 7.94. The van der Waals surface area contributed by atoms with Crippen LogP contribution < -0.4 is 14.8 Å². The topological polar surface area (TPSA) is 128 Å². The molecule has 4 rings (SSSR count). The number of methoxy groups -OCH3 is 1. The molecular weight excluding hydrogens is 512 g/mol. The maximum Gasteiger partial charge on any atom is 0.413 e. The number of rotatable bonds is 12. The lowest BCUT2D eigenvalue weighted by Crippen LogP contribution is -2.51. The van der Waals surface area contributed by atoms with Crippen molar-refractivity contribution < 1.29 is 37.0 Å². The number of nitrogens with zero attached hydrogens (tertiary/aromatic N) is 1. The van der Waals surface area contributed by atoms with E-state index >= 15 is 0 Å². The van der Waals surface area contributed by atoms with Crippen LogP contribution in [0.15, 0.2) is 82.5 Å². The number of carbonyl (C=O) groups is 1. The van der Waals surface area contributed by atoms with E-state index in [0.717, 1.165) is 22.9 Å². The third-order valence-electron chi connectivity index (χ3n) is 6.30. The highest BCUT2D eigenvalue weighted by molar-refractivity contribution is 7.89. The number of hydroxylamine groups is 1. The molecule has 2 atom stereocenters. The SMILES string of the molecule is COc1ccc(S(=O)(=O)N(C[C@H](O)[C@H](Cc2ccccc2)NC(=O)Oc2ccoc2)OC2CCCC2)cc1. The normalized spacial score (nSPS) is 15.8. The van der Waals surface area contributed by atoms with Gasteiger partial charge in [0.25, 0.3) is 10.0 Å². The van der Waals surface area contributed by atoms with E-state index in [2.05, 4.69) is 5.32 Å². The van der Waals surface area contributed by atoms with Crippen LogP contribution >= 0.6 is 0 Å². The van der Waals surface area contributed by atoms with Crippen molar-refractivity contribution in [3.8, 4) is 11.5 Å². The molecule has 3 aromatic rings. The predicted molar refractivity (Wildman–Crippen MR) is 138 cm³/mol. The Morgan fingerprint density at radius 2 is 1.79 bits per heavy atom. The lowest BCUT2D eigenvalue weighted by Gasteiger charge is -2.30. The van der Waals surface area contributed by atoms with Crippen LogP contribution in [0.2, 0.25) is 0 Å². The second kappa shape index (κ2) is 12.9. The zero-order valence-corrected chi connectivity index (χ0v) is 21.9. The van der Waals surface area contributed by atoms with Gasteiger partial charge in [0.1, 0.15) is 12.0 Å². The average molecular weight is 545 g/mol. The van der Waals surface area contributed by atoms with Crippen molar-refractivity contribution in [2.75, 3.05) is 13.7 Å². The van der Waals surface area contributed by atoms with Gasteiger partial charge in [-0.15, -0.1) is 0 Å². The van der Waals surface area contributed by atoms with E-state index in [1.165, 1.54) is 37.8 Å². The molecule has 0 bridgehead atoms. The molecule has 38 heavy (non-hydrogen) atoms. The van der Waals surface area contributed by atoms with E-state index in [-0.39, 0.29) is 23.2 Å². The number of hydrogen-bond acceptors (Lipinski definition) is 8. The summed E-state index contributed by atoms with van der Waals surface area (Å²) in [4.78, 5) is 18.5. The van der Waals surface area contributed by atoms with E-state index in [1.54, 1.807) is 12.1 Å². The minimum absolute atomic E-state index is 0.00423. The van der Waals surface area contributed by atoms with Crippen molar-refractivity contribution in [2.24, 2.45) is 0 Å². The molecule has 1 amide bonds. The quantitative estimate of drug-likeness (QED) is 0.329. The van der Waals surface area contributed by atoms with Crippen LogP contribution in [0.5, 0.6) is 11.5 Å². The van der Waals surface area contributed by atoms with Crippen LogP contribution in [0.25, 0.3) is 0 Å². The summed E-state index contributed by atoms with van der Waals surface area (Å²) in [6.07, 6.45) is 3.71. The molecule has 1 aliphatic rings. The Labute approximate surface area is 222 Å². The number of aliphatic hydroxyl groups excluding tert-OH is 1. The molecule has 0 radical (unpaired) electrons. The van der Waals surface area contributed by atoms with Gasteiger partial charge >= 0.3 is 6.09 Å². The Balaban J connectivity index is 1.56. The second-order valence-electron chi connectivity index (χ2n) is 9.03. The maximum absolute atomic E-state index is 13.6. The number of hydrogen-bond donors (Lipinski definition) is 2. The minimum Gasteiger partial charge on any atom is -0.497 e. The molecule has 1 aromatic heterocycles. The van der Waals surface area contributed by atoms with Crippen LogP contribution in [0.3, 0.4) is 0 Å². The van der Waals surface area contributed by atoms with E-state index in [9.17, 15) is 18.3 Å². The fourth-order valence-corrected chi connectivity index (χ4v) is 5.55. The number of amides is 1. The van der Waals surface area contributed by atoms with Gasteiger partial charge in [0, 0.05) is 6.07 Å². The van der Waals surface area contributed by atoms with Crippen molar-refractivity contribution in [3.63, 3.8) is 0 Å². The van der Waals surface area contributed by atoms with Gasteiger partial charge in [0.05, 0.1) is 43.1 Å². The lowest BCUT2D eigenvalue weighted by atomic mass is 10.0. The first kappa shape index (κ1) is 27.6. The summed E-state index contributed by atoms with van der Waals surface area (Å²) in [5.74, 6) is 0.708. The Kier molecular flexibility index (Phi) is 9.40. The van der Waals surface area contributed by atoms with Gasteiger partial charge in [0.2, 0.25) is 0 Å². The number of carbonyl (C=O) groups excluding carboxylic acids is 1. The Morgan fingerprint density at radius 1 is 1.08 bits per heavy atom. The molecule has 0 aliphatic heterocycles. The Bertz CT molecular complexity index is 1240. The van der Waals surface area contributed by atoms with Gasteiger partial charge in [-0.05, 0) is 49.1 Å². The summed E-state index contributed by atoms with van der Waals surface area (Å²) in [6, 6.07) is 15.8. The van der Waals surface area contributed by atoms with Crippen LogP contribution in [-0.4, -0.2) is 56.0 Å². The molecule has 1 aliphatic carbocycles. The summed E-state index contributed by atoms with van der Waals surface area (Å²) in [7, 11) is -2.65. The molecule has 1 heterocycles. The van der Waals surface area contributed by atoms with Crippen LogP contribution in [0.1, 0.15) is 31.2 Å². The molecule has 0 spiro atoms. The standard InChI is InChI=1S/C27H32N2O8S/c1-34-21-11-13-24(14-12-21)38(32,33)29(37-22-9-5-6-10-22)18-26(30)25(17-20-7-3-2-4-8-20)28-27(31)36-23-15-16-35-19-23/h2-4,7-8,11-16,19,22,25-26,30H,5-6,9-10,17-18H2,1H3,(H,28,31)/t25-,26-/m0/s1. The smallest absolute Gasteiger partial charge is 0.413 e. The number of ether oxygens (including phenoxy) is 2. The number of furan rings is 1. The molecule has 10 nitrogen and oxygen atoms in total. The maximum atomic E-state index is 13.6. The number of sulfonamides is 1. The highest BCUT2D eigenvalue weighted by Gasteiger charge is 2.34. The summed E-state index contributed by atoms with van der Waals surface area (Å²) < 4.78 is 43.3. The van der Waals surface area contributed by atoms with Gasteiger partial charge in [-0.1, -0.05) is 47.6 Å². The summed E-state index contributed by atoms with van der Waals surface area (Å²) >= 11 is 0. The van der Waals surface area contributed by atoms with Gasteiger partial charge < -0.3 is 24.3 Å². The van der Waals surface area contributed by atoms with Crippen molar-refractivity contribution in [3.05, 3.63) is 78.8 Å². The average Bonchev–Trinajstić information content (AvgIpc) is 3.63. The first-order chi connectivity index (χ1) is 18.3. The number of nitrogens with one attached hydrogen (secondary N) is 1. The van der Waals surface area contributed by atoms with Crippen molar-refractivity contribution in [1.29, 1.82) is 0 Å². The Hall–Kier alpha value is -3.38. The first-order valence-electron chi connectivity index (χ1n) is 12.4. The fraction of sp³-hybridized carbons (Fsp3) is 0.370. The highest BCUT2D eigenvalue weighted by Crippen LogP contribution is 2.27. The van der Waals surface area contributed by atoms with Crippen LogP contribution in [0, 0.1) is 0 Å². The molecule has 0 saturated heterocycles. The molecule has 1 saturated carbocycles. The highest BCUT2D eigenvalue weighted by atomic mass is 32.2. The molecule has 1 fully saturated rings. The minimum atomic E-state index is -4.15. The van der Waals surface area contributed by atoms with E-state index in [1.807, 2.05) is 30.3 Å². The lowest BCUT2D eigenvalue weighted by molar-refractivity contribution is -0.145. The molecule has 0 unspecified atom stereocenters. The fourth-order valence-electron chi connectivity index (χ4n) is 4.25. The third kappa shape index (κ3) is 7.35. The number of benzene rings is 2. The van der Waals surface area contributed by atoms with Crippen molar-refractivity contribution in [2.45, 2.75) is 55.2 Å². The monoisotopic (exact) mass is 544 g/mol. The predicted octanol–water partition coefficient (Wildman–Crippen LogP) is 3.91. The Morgan fingerprint density at radius 3 is 2.42 bits per heavy atom. The van der Waals surface area contributed by atoms with Gasteiger partial charge in [-0.25, -0.2) is 13.2 Å². The molecule has 2 aromatic carbocycles. The number of aliphatic hydroxyl groups is 1. The molecule has 11 heteroatoms. The van der Waals surface area contributed by atoms with Gasteiger partial charge in [-0.2, -0.15) is 0 Å². The van der Waals surface area contributed by atoms with Crippen molar-refractivity contribution in [1.82, 2.24) is 9.79 Å². The zero-order chi connectivity index (χ0) is 27.0. The summed E-state index contributed by atoms with van der Waals surface area (Å²) in [5.41, 5.74) is 0.835. The zero-order valence-electron chi connectivity index (χ0n) is 21.1. The van der Waals surface area contributed by atoms with Crippen LogP contribution in [0.4, 0.5) is 4.79 Å². The largest absolute Gasteiger partial charge is 0.497 e. The molecular formula is C27H32N2O8S. The van der Waals surface area contributed by atoms with E-state index in [0.29, 0.717) is 18.6 Å². The summed E-state index contributed by atoms with van der Waals surface area (Å²) in [6.45, 7) is -0.408. The van der Waals surface area contributed by atoms with E-state index < -0.39 is 34.8 Å². The van der Waals surface area contributed by atoms with Crippen molar-refractivity contribution >= 4 is 16.1 Å². The first-order valence-corrected chi connectivity index (χ1v) is 13.9. The second-order valence-corrected chi connectivity index (χ2v) is 10.9. The van der Waals surface area contributed by atoms with Gasteiger partial charge in [-0.3, -0.25) is 4.84 Å². The molecule has 204 valence electrons. The summed E-state index contributed by atoms with van der Waals surface area (Å²) in [5, 5.41) is 13.9. The van der Waals surface area contributed by atoms with Crippen LogP contribution in [-0.2, 0) is 21.3 Å². The molecule has 2 N–H and O–H groups in total.